The predicted molar refractivity (Wildman–Crippen MR) is 113 cm³/mol. The van der Waals surface area contributed by atoms with Gasteiger partial charge in [0.2, 0.25) is 5.91 Å². The molecule has 1 aliphatic rings. The van der Waals surface area contributed by atoms with Gasteiger partial charge in [0.15, 0.2) is 0 Å². The number of ether oxygens (including phenoxy) is 1. The van der Waals surface area contributed by atoms with Crippen molar-refractivity contribution in [1.29, 1.82) is 0 Å². The standard InChI is InChI=1S/C23H26F3N3O3/c24-23(25,26)17-32-16-19-6-8-20(9-7-19)22(31)29-12-10-28(11-13-29)15-21(30)27-14-18-4-2-1-3-5-18/h1-9H,10-17H2,(H,27,30). The summed E-state index contributed by atoms with van der Waals surface area (Å²) in [5.74, 6) is -0.196. The number of carbonyl (C=O) groups excluding carboxylic acids is 2. The molecular weight excluding hydrogens is 423 g/mol. The molecule has 0 radical (unpaired) electrons. The van der Waals surface area contributed by atoms with Crippen LogP contribution < -0.4 is 5.32 Å². The monoisotopic (exact) mass is 449 g/mol. The lowest BCUT2D eigenvalue weighted by Crippen LogP contribution is -2.51. The highest BCUT2D eigenvalue weighted by molar-refractivity contribution is 5.94. The molecular formula is C23H26F3N3O3. The van der Waals surface area contributed by atoms with E-state index in [1.807, 2.05) is 35.2 Å². The Balaban J connectivity index is 1.39. The summed E-state index contributed by atoms with van der Waals surface area (Å²) < 4.78 is 41.0. The third-order valence-electron chi connectivity index (χ3n) is 5.09. The van der Waals surface area contributed by atoms with Crippen molar-refractivity contribution in [2.24, 2.45) is 0 Å². The van der Waals surface area contributed by atoms with Crippen molar-refractivity contribution in [3.8, 4) is 0 Å². The van der Waals surface area contributed by atoms with Gasteiger partial charge >= 0.3 is 6.18 Å². The van der Waals surface area contributed by atoms with E-state index in [4.69, 9.17) is 0 Å². The number of halogens is 3. The molecule has 0 unspecified atom stereocenters. The van der Waals surface area contributed by atoms with Crippen LogP contribution in [-0.2, 0) is 22.7 Å². The molecule has 2 aromatic carbocycles. The van der Waals surface area contributed by atoms with Gasteiger partial charge in [0.25, 0.3) is 5.91 Å². The summed E-state index contributed by atoms with van der Waals surface area (Å²) in [7, 11) is 0. The summed E-state index contributed by atoms with van der Waals surface area (Å²) in [6.07, 6.45) is -4.36. The highest BCUT2D eigenvalue weighted by Gasteiger charge is 2.27. The van der Waals surface area contributed by atoms with Gasteiger partial charge in [-0.2, -0.15) is 13.2 Å². The summed E-state index contributed by atoms with van der Waals surface area (Å²) in [6.45, 7) is 1.47. The van der Waals surface area contributed by atoms with Crippen molar-refractivity contribution in [1.82, 2.24) is 15.1 Å². The molecule has 0 aliphatic carbocycles. The molecule has 9 heteroatoms. The Bertz CT molecular complexity index is 881. The molecule has 172 valence electrons. The Kier molecular flexibility index (Phi) is 8.24. The third-order valence-corrected chi connectivity index (χ3v) is 5.09. The first-order valence-corrected chi connectivity index (χ1v) is 10.4. The first-order chi connectivity index (χ1) is 15.3. The minimum atomic E-state index is -4.36. The van der Waals surface area contributed by atoms with E-state index in [-0.39, 0.29) is 25.0 Å². The van der Waals surface area contributed by atoms with Crippen LogP contribution in [0, 0.1) is 0 Å². The zero-order chi connectivity index (χ0) is 23.0. The lowest BCUT2D eigenvalue weighted by Gasteiger charge is -2.34. The Morgan fingerprint density at radius 1 is 0.906 bits per heavy atom. The fourth-order valence-corrected chi connectivity index (χ4v) is 3.38. The van der Waals surface area contributed by atoms with Crippen molar-refractivity contribution in [3.63, 3.8) is 0 Å². The van der Waals surface area contributed by atoms with Crippen LogP contribution in [0.1, 0.15) is 21.5 Å². The zero-order valence-electron chi connectivity index (χ0n) is 17.6. The van der Waals surface area contributed by atoms with Gasteiger partial charge in [-0.3, -0.25) is 14.5 Å². The number of hydrogen-bond donors (Lipinski definition) is 1. The normalized spacial score (nSPS) is 14.9. The van der Waals surface area contributed by atoms with Gasteiger partial charge in [0.05, 0.1) is 13.2 Å². The summed E-state index contributed by atoms with van der Waals surface area (Å²) in [4.78, 5) is 28.6. The van der Waals surface area contributed by atoms with E-state index in [1.165, 1.54) is 0 Å². The third kappa shape index (κ3) is 7.65. The van der Waals surface area contributed by atoms with Crippen LogP contribution in [0.25, 0.3) is 0 Å². The molecule has 1 aliphatic heterocycles. The van der Waals surface area contributed by atoms with E-state index in [2.05, 4.69) is 10.1 Å². The van der Waals surface area contributed by atoms with Gasteiger partial charge in [-0.05, 0) is 23.3 Å². The Labute approximate surface area is 184 Å². The minimum absolute atomic E-state index is 0.0584. The number of rotatable bonds is 8. The van der Waals surface area contributed by atoms with Crippen LogP contribution in [0.2, 0.25) is 0 Å². The fourth-order valence-electron chi connectivity index (χ4n) is 3.38. The molecule has 2 amide bonds. The first kappa shape index (κ1) is 23.7. The molecule has 1 saturated heterocycles. The van der Waals surface area contributed by atoms with E-state index in [9.17, 15) is 22.8 Å². The number of alkyl halides is 3. The van der Waals surface area contributed by atoms with E-state index >= 15 is 0 Å². The second-order valence-electron chi connectivity index (χ2n) is 7.64. The molecule has 1 N–H and O–H groups in total. The molecule has 6 nitrogen and oxygen atoms in total. The van der Waals surface area contributed by atoms with Gasteiger partial charge in [0.1, 0.15) is 6.61 Å². The number of benzene rings is 2. The minimum Gasteiger partial charge on any atom is -0.367 e. The second kappa shape index (κ2) is 11.1. The molecule has 3 rings (SSSR count). The van der Waals surface area contributed by atoms with Crippen LogP contribution in [0.15, 0.2) is 54.6 Å². The highest BCUT2D eigenvalue weighted by Crippen LogP contribution is 2.16. The van der Waals surface area contributed by atoms with E-state index < -0.39 is 12.8 Å². The highest BCUT2D eigenvalue weighted by atomic mass is 19.4. The molecule has 1 fully saturated rings. The lowest BCUT2D eigenvalue weighted by atomic mass is 10.1. The maximum Gasteiger partial charge on any atom is 0.411 e. The van der Waals surface area contributed by atoms with Crippen LogP contribution >= 0.6 is 0 Å². The lowest BCUT2D eigenvalue weighted by molar-refractivity contribution is -0.176. The average Bonchev–Trinajstić information content (AvgIpc) is 2.78. The smallest absolute Gasteiger partial charge is 0.367 e. The second-order valence-corrected chi connectivity index (χ2v) is 7.64. The fraction of sp³-hybridized carbons (Fsp3) is 0.391. The predicted octanol–water partition coefficient (Wildman–Crippen LogP) is 2.84. The van der Waals surface area contributed by atoms with Crippen molar-refractivity contribution < 1.29 is 27.5 Å². The number of piperazine rings is 1. The first-order valence-electron chi connectivity index (χ1n) is 10.4. The maximum atomic E-state index is 12.7. The van der Waals surface area contributed by atoms with Crippen molar-refractivity contribution >= 4 is 11.8 Å². The Morgan fingerprint density at radius 2 is 1.56 bits per heavy atom. The summed E-state index contributed by atoms with van der Waals surface area (Å²) in [5.41, 5.74) is 2.07. The molecule has 1 heterocycles. The summed E-state index contributed by atoms with van der Waals surface area (Å²) >= 11 is 0. The SMILES string of the molecule is O=C(CN1CCN(C(=O)c2ccc(COCC(F)(F)F)cc2)CC1)NCc1ccccc1. The molecule has 0 saturated carbocycles. The zero-order valence-corrected chi connectivity index (χ0v) is 17.6. The Morgan fingerprint density at radius 3 is 2.19 bits per heavy atom. The molecule has 32 heavy (non-hydrogen) atoms. The molecule has 0 spiro atoms. The number of hydrogen-bond acceptors (Lipinski definition) is 4. The van der Waals surface area contributed by atoms with Crippen molar-refractivity contribution in [2.45, 2.75) is 19.3 Å². The average molecular weight is 449 g/mol. The van der Waals surface area contributed by atoms with Gasteiger partial charge in [-0.25, -0.2) is 0 Å². The maximum absolute atomic E-state index is 12.7. The number of carbonyl (C=O) groups is 2. The van der Waals surface area contributed by atoms with Crippen LogP contribution in [0.5, 0.6) is 0 Å². The molecule has 0 aromatic heterocycles. The van der Waals surface area contributed by atoms with Crippen molar-refractivity contribution in [2.75, 3.05) is 39.3 Å². The topological polar surface area (TPSA) is 61.9 Å². The molecule has 0 bridgehead atoms. The number of nitrogens with zero attached hydrogens (tertiary/aromatic N) is 2. The van der Waals surface area contributed by atoms with Crippen LogP contribution in [0.3, 0.4) is 0 Å². The molecule has 0 atom stereocenters. The van der Waals surface area contributed by atoms with Crippen molar-refractivity contribution in [3.05, 3.63) is 71.3 Å². The largest absolute Gasteiger partial charge is 0.411 e. The Hall–Kier alpha value is -2.91. The van der Waals surface area contributed by atoms with Gasteiger partial charge < -0.3 is 15.0 Å². The quantitative estimate of drug-likeness (QED) is 0.673. The van der Waals surface area contributed by atoms with Crippen LogP contribution in [0.4, 0.5) is 13.2 Å². The number of amides is 2. The van der Waals surface area contributed by atoms with E-state index in [1.54, 1.807) is 29.2 Å². The summed E-state index contributed by atoms with van der Waals surface area (Å²) in [6, 6.07) is 16.1. The summed E-state index contributed by atoms with van der Waals surface area (Å²) in [5, 5.41) is 2.90. The van der Waals surface area contributed by atoms with Crippen LogP contribution in [-0.4, -0.2) is 67.1 Å². The number of nitrogens with one attached hydrogen (secondary N) is 1. The van der Waals surface area contributed by atoms with Gasteiger partial charge in [-0.15, -0.1) is 0 Å². The van der Waals surface area contributed by atoms with Gasteiger partial charge in [-0.1, -0.05) is 42.5 Å². The van der Waals surface area contributed by atoms with E-state index in [0.717, 1.165) is 5.56 Å². The molecule has 2 aromatic rings. The van der Waals surface area contributed by atoms with Gasteiger partial charge in [0, 0.05) is 38.3 Å². The van der Waals surface area contributed by atoms with E-state index in [0.29, 0.717) is 43.9 Å².